The number of nitrogen functional groups attached to an aromatic ring is 1. The molecule has 1 amide bonds. The second-order valence-electron chi connectivity index (χ2n) is 5.95. The van der Waals surface area contributed by atoms with Crippen LogP contribution in [0.15, 0.2) is 38.4 Å². The van der Waals surface area contributed by atoms with E-state index in [-0.39, 0.29) is 33.4 Å². The lowest BCUT2D eigenvalue weighted by Crippen LogP contribution is -2.25. The van der Waals surface area contributed by atoms with Crippen molar-refractivity contribution in [3.63, 3.8) is 0 Å². The van der Waals surface area contributed by atoms with Crippen molar-refractivity contribution in [1.82, 2.24) is 10.1 Å². The van der Waals surface area contributed by atoms with E-state index in [1.807, 2.05) is 13.0 Å². The Bertz CT molecular complexity index is 1120. The van der Waals surface area contributed by atoms with Gasteiger partial charge in [0.25, 0.3) is 0 Å². The number of thioether (sulfide) groups is 1. The van der Waals surface area contributed by atoms with Gasteiger partial charge >= 0.3 is 0 Å². The van der Waals surface area contributed by atoms with E-state index in [1.54, 1.807) is 25.1 Å². The van der Waals surface area contributed by atoms with E-state index >= 15 is 0 Å². The fraction of sp³-hybridized carbons (Fsp3) is 0.211. The van der Waals surface area contributed by atoms with Gasteiger partial charge in [-0.15, -0.1) is 0 Å². The summed E-state index contributed by atoms with van der Waals surface area (Å²) in [5, 5.41) is 25.3. The molecule has 146 valence electrons. The average Bonchev–Trinajstić information content (AvgIpc) is 3.37. The Morgan fingerprint density at radius 3 is 2.69 bits per heavy atom. The smallest absolute Gasteiger partial charge is 0.239 e. The van der Waals surface area contributed by atoms with Crippen LogP contribution in [-0.4, -0.2) is 21.3 Å². The first kappa shape index (κ1) is 20.0. The number of pyridine rings is 1. The number of nitrogens with zero attached hydrogens (tertiary/aromatic N) is 4. The molecule has 3 aromatic heterocycles. The van der Waals surface area contributed by atoms with Crippen molar-refractivity contribution in [1.29, 1.82) is 10.5 Å². The van der Waals surface area contributed by atoms with Gasteiger partial charge in [0.2, 0.25) is 5.91 Å². The first-order valence-corrected chi connectivity index (χ1v) is 9.44. The number of nitrogens with two attached hydrogens (primary N) is 1. The Balaban J connectivity index is 1.98. The first-order valence-electron chi connectivity index (χ1n) is 8.56. The van der Waals surface area contributed by atoms with Crippen LogP contribution in [0.5, 0.6) is 0 Å². The number of hydrogen-bond acceptors (Lipinski definition) is 9. The highest BCUT2D eigenvalue weighted by Crippen LogP contribution is 2.37. The molecular weight excluding hydrogens is 392 g/mol. The molecule has 0 saturated carbocycles. The number of rotatable bonds is 6. The van der Waals surface area contributed by atoms with Crippen molar-refractivity contribution < 1.29 is 13.7 Å². The molecule has 0 aliphatic carbocycles. The normalized spacial score (nSPS) is 11.4. The van der Waals surface area contributed by atoms with Crippen molar-refractivity contribution >= 4 is 29.3 Å². The van der Waals surface area contributed by atoms with Gasteiger partial charge in [0.15, 0.2) is 5.82 Å². The third-order valence-corrected chi connectivity index (χ3v) is 5.33. The number of aromatic nitrogens is 2. The van der Waals surface area contributed by atoms with Crippen LogP contribution in [0.2, 0.25) is 0 Å². The van der Waals surface area contributed by atoms with Crippen molar-refractivity contribution in [2.24, 2.45) is 0 Å². The lowest BCUT2D eigenvalue weighted by Gasteiger charge is -2.16. The number of nitrogens with one attached hydrogen (secondary N) is 1. The molecule has 10 heteroatoms. The summed E-state index contributed by atoms with van der Waals surface area (Å²) in [5.41, 5.74) is 6.40. The summed E-state index contributed by atoms with van der Waals surface area (Å²) in [6.07, 6.45) is 1.89. The molecule has 3 aromatic rings. The Hall–Kier alpha value is -3.76. The molecule has 0 spiro atoms. The van der Waals surface area contributed by atoms with Crippen LogP contribution in [0.25, 0.3) is 11.3 Å². The summed E-state index contributed by atoms with van der Waals surface area (Å²) in [7, 11) is 0. The maximum atomic E-state index is 12.7. The summed E-state index contributed by atoms with van der Waals surface area (Å²) in [5.74, 6) is 0.833. The molecule has 0 radical (unpaired) electrons. The van der Waals surface area contributed by atoms with Gasteiger partial charge < -0.3 is 20.0 Å². The number of carbonyl (C=O) groups excluding carboxylic acids is 1. The summed E-state index contributed by atoms with van der Waals surface area (Å²) < 4.78 is 10.3. The van der Waals surface area contributed by atoms with E-state index < -0.39 is 5.25 Å². The molecule has 1 unspecified atom stereocenters. The molecule has 3 rings (SSSR count). The van der Waals surface area contributed by atoms with Crippen LogP contribution in [0.1, 0.15) is 30.2 Å². The molecule has 0 aromatic carbocycles. The van der Waals surface area contributed by atoms with Gasteiger partial charge in [0.05, 0.1) is 22.6 Å². The standard InChI is InChI=1S/C19H16N6O3S/c1-3-14(18(26)23-15-7-10(2)28-25-15)29-19-12(9-21)16(13-5-4-6-27-13)11(8-20)17(22)24-19/h4-7,14H,3H2,1-2H3,(H2,22,24)(H,23,25,26). The monoisotopic (exact) mass is 408 g/mol. The van der Waals surface area contributed by atoms with Gasteiger partial charge in [-0.1, -0.05) is 23.8 Å². The lowest BCUT2D eigenvalue weighted by atomic mass is 10.0. The van der Waals surface area contributed by atoms with Crippen LogP contribution >= 0.6 is 11.8 Å². The Morgan fingerprint density at radius 1 is 1.38 bits per heavy atom. The summed E-state index contributed by atoms with van der Waals surface area (Å²) in [6, 6.07) is 8.91. The molecule has 3 heterocycles. The Kier molecular flexibility index (Phi) is 5.86. The number of nitriles is 2. The summed E-state index contributed by atoms with van der Waals surface area (Å²) in [4.78, 5) is 16.9. The van der Waals surface area contributed by atoms with Gasteiger partial charge in [-0.25, -0.2) is 4.98 Å². The third-order valence-electron chi connectivity index (χ3n) is 3.98. The van der Waals surface area contributed by atoms with Crippen LogP contribution in [-0.2, 0) is 4.79 Å². The molecule has 0 aliphatic heterocycles. The zero-order valence-electron chi connectivity index (χ0n) is 15.6. The fourth-order valence-corrected chi connectivity index (χ4v) is 3.66. The molecule has 29 heavy (non-hydrogen) atoms. The highest BCUT2D eigenvalue weighted by Gasteiger charge is 2.26. The predicted molar refractivity (Wildman–Crippen MR) is 106 cm³/mol. The van der Waals surface area contributed by atoms with Gasteiger partial charge in [0, 0.05) is 6.07 Å². The van der Waals surface area contributed by atoms with Crippen molar-refractivity contribution in [2.45, 2.75) is 30.5 Å². The van der Waals surface area contributed by atoms with Crippen LogP contribution in [0.3, 0.4) is 0 Å². The van der Waals surface area contributed by atoms with Gasteiger partial charge in [-0.05, 0) is 25.5 Å². The van der Waals surface area contributed by atoms with Crippen LogP contribution < -0.4 is 11.1 Å². The van der Waals surface area contributed by atoms with Gasteiger partial charge in [-0.2, -0.15) is 10.5 Å². The molecule has 0 saturated heterocycles. The van der Waals surface area contributed by atoms with Gasteiger partial charge in [0.1, 0.15) is 40.1 Å². The number of anilines is 2. The molecule has 9 nitrogen and oxygen atoms in total. The highest BCUT2D eigenvalue weighted by atomic mass is 32.2. The first-order chi connectivity index (χ1) is 14.0. The summed E-state index contributed by atoms with van der Waals surface area (Å²) >= 11 is 1.08. The van der Waals surface area contributed by atoms with Crippen molar-refractivity contribution in [3.05, 3.63) is 41.3 Å². The quantitative estimate of drug-likeness (QED) is 0.583. The van der Waals surface area contributed by atoms with E-state index in [2.05, 4.69) is 21.5 Å². The highest BCUT2D eigenvalue weighted by molar-refractivity contribution is 8.00. The Morgan fingerprint density at radius 2 is 2.14 bits per heavy atom. The van der Waals surface area contributed by atoms with E-state index in [4.69, 9.17) is 14.7 Å². The maximum Gasteiger partial charge on any atom is 0.239 e. The topological polar surface area (TPSA) is 155 Å². The van der Waals surface area contributed by atoms with Crippen molar-refractivity contribution in [2.75, 3.05) is 11.1 Å². The molecular formula is C19H16N6O3S. The van der Waals surface area contributed by atoms with Crippen LogP contribution in [0.4, 0.5) is 11.6 Å². The zero-order valence-corrected chi connectivity index (χ0v) is 16.4. The fourth-order valence-electron chi connectivity index (χ4n) is 2.64. The molecule has 3 N–H and O–H groups in total. The number of furan rings is 1. The van der Waals surface area contributed by atoms with Crippen LogP contribution in [0, 0.1) is 29.6 Å². The minimum atomic E-state index is -0.580. The zero-order chi connectivity index (χ0) is 21.0. The minimum Gasteiger partial charge on any atom is -0.464 e. The van der Waals surface area contributed by atoms with Crippen molar-refractivity contribution in [3.8, 4) is 23.5 Å². The average molecular weight is 408 g/mol. The number of carbonyl (C=O) groups is 1. The predicted octanol–water partition coefficient (Wildman–Crippen LogP) is 3.47. The molecule has 0 bridgehead atoms. The number of amides is 1. The molecule has 0 aliphatic rings. The van der Waals surface area contributed by atoms with E-state index in [0.717, 1.165) is 11.8 Å². The molecule has 0 fully saturated rings. The second kappa shape index (κ2) is 8.50. The van der Waals surface area contributed by atoms with E-state index in [1.165, 1.54) is 6.26 Å². The lowest BCUT2D eigenvalue weighted by molar-refractivity contribution is -0.115. The largest absolute Gasteiger partial charge is 0.464 e. The third kappa shape index (κ3) is 4.08. The number of aryl methyl sites for hydroxylation is 1. The van der Waals surface area contributed by atoms with E-state index in [9.17, 15) is 15.3 Å². The van der Waals surface area contributed by atoms with Gasteiger partial charge in [-0.3, -0.25) is 4.79 Å². The molecule has 1 atom stereocenters. The maximum absolute atomic E-state index is 12.7. The Labute approximate surface area is 170 Å². The van der Waals surface area contributed by atoms with E-state index in [0.29, 0.717) is 23.8 Å². The number of hydrogen-bond donors (Lipinski definition) is 2. The SMILES string of the molecule is CCC(Sc1nc(N)c(C#N)c(-c2ccco2)c1C#N)C(=O)Nc1cc(C)on1. The minimum absolute atomic E-state index is 0.0391. The summed E-state index contributed by atoms with van der Waals surface area (Å²) in [6.45, 7) is 3.55. The second-order valence-corrected chi connectivity index (χ2v) is 7.15.